The lowest BCUT2D eigenvalue weighted by Gasteiger charge is -2.31. The number of halogens is 3. The molecule has 7 nitrogen and oxygen atoms in total. The molecule has 3 aromatic rings. The van der Waals surface area contributed by atoms with Crippen LogP contribution in [0, 0.1) is 5.92 Å². The first-order valence-electron chi connectivity index (χ1n) is 10.5. The first-order valence-corrected chi connectivity index (χ1v) is 11.4. The molecule has 1 aliphatic rings. The van der Waals surface area contributed by atoms with Crippen LogP contribution in [0.15, 0.2) is 41.1 Å². The van der Waals surface area contributed by atoms with E-state index in [0.29, 0.717) is 43.7 Å². The van der Waals surface area contributed by atoms with Crippen LogP contribution in [0.4, 0.5) is 25.1 Å². The highest BCUT2D eigenvalue weighted by Crippen LogP contribution is 2.32. The van der Waals surface area contributed by atoms with E-state index in [0.717, 1.165) is 11.6 Å². The molecule has 1 aliphatic heterocycles. The van der Waals surface area contributed by atoms with Gasteiger partial charge >= 0.3 is 6.18 Å². The second-order valence-electron chi connectivity index (χ2n) is 7.68. The molecule has 3 heterocycles. The number of nitrogens with one attached hydrogen (secondary N) is 2. The molecule has 0 spiro atoms. The number of aromatic nitrogens is 3. The summed E-state index contributed by atoms with van der Waals surface area (Å²) in [6, 6.07) is 7.23. The Kier molecular flexibility index (Phi) is 6.77. The molecule has 0 radical (unpaired) electrons. The highest BCUT2D eigenvalue weighted by Gasteiger charge is 2.33. The van der Waals surface area contributed by atoms with Gasteiger partial charge in [0, 0.05) is 43.5 Å². The Morgan fingerprint density at radius 1 is 1.15 bits per heavy atom. The standard InChI is InChI=1S/C22H23F3N6OS/c1-26-20-28-18(16-8-11-33-13-16)29-21(30-20)31-9-6-14(7-10-31)19(32)27-12-15-4-2-3-5-17(15)22(23,24)25/h2-5,8,11,13-14H,6-7,9-10,12H2,1H3,(H,27,32)(H,26,28,29,30). The lowest BCUT2D eigenvalue weighted by Crippen LogP contribution is -2.41. The van der Waals surface area contributed by atoms with Crippen molar-refractivity contribution in [2.45, 2.75) is 25.6 Å². The lowest BCUT2D eigenvalue weighted by atomic mass is 9.96. The van der Waals surface area contributed by atoms with E-state index in [4.69, 9.17) is 0 Å². The van der Waals surface area contributed by atoms with Crippen LogP contribution in [-0.4, -0.2) is 41.0 Å². The Morgan fingerprint density at radius 2 is 1.91 bits per heavy atom. The van der Waals surface area contributed by atoms with Gasteiger partial charge in [-0.1, -0.05) is 18.2 Å². The van der Waals surface area contributed by atoms with Gasteiger partial charge in [-0.3, -0.25) is 4.79 Å². The van der Waals surface area contributed by atoms with Crippen LogP contribution in [-0.2, 0) is 17.5 Å². The molecule has 33 heavy (non-hydrogen) atoms. The molecule has 0 aliphatic carbocycles. The number of thiophene rings is 1. The fourth-order valence-corrected chi connectivity index (χ4v) is 4.39. The molecule has 1 amide bonds. The summed E-state index contributed by atoms with van der Waals surface area (Å²) in [5, 5.41) is 9.55. The topological polar surface area (TPSA) is 83.0 Å². The van der Waals surface area contributed by atoms with Gasteiger partial charge in [-0.15, -0.1) is 0 Å². The summed E-state index contributed by atoms with van der Waals surface area (Å²) in [5.74, 6) is 1.06. The summed E-state index contributed by atoms with van der Waals surface area (Å²) in [4.78, 5) is 28.1. The Labute approximate surface area is 193 Å². The van der Waals surface area contributed by atoms with Crippen LogP contribution in [0.2, 0.25) is 0 Å². The van der Waals surface area contributed by atoms with Crippen molar-refractivity contribution in [2.24, 2.45) is 5.92 Å². The average molecular weight is 477 g/mol. The predicted octanol–water partition coefficient (Wildman–Crippen LogP) is 4.19. The van der Waals surface area contributed by atoms with E-state index in [1.807, 2.05) is 21.7 Å². The number of nitrogens with zero attached hydrogens (tertiary/aromatic N) is 4. The first-order chi connectivity index (χ1) is 15.8. The summed E-state index contributed by atoms with van der Waals surface area (Å²) in [7, 11) is 1.74. The number of anilines is 2. The predicted molar refractivity (Wildman–Crippen MR) is 121 cm³/mol. The van der Waals surface area contributed by atoms with Crippen molar-refractivity contribution >= 4 is 29.1 Å². The van der Waals surface area contributed by atoms with Crippen molar-refractivity contribution in [3.05, 3.63) is 52.2 Å². The SMILES string of the molecule is CNc1nc(-c2ccsc2)nc(N2CCC(C(=O)NCc3ccccc3C(F)(F)F)CC2)n1. The Hall–Kier alpha value is -3.21. The van der Waals surface area contributed by atoms with Crippen molar-refractivity contribution < 1.29 is 18.0 Å². The van der Waals surface area contributed by atoms with Crippen molar-refractivity contribution in [2.75, 3.05) is 30.4 Å². The summed E-state index contributed by atoms with van der Waals surface area (Å²) in [6.07, 6.45) is -3.34. The van der Waals surface area contributed by atoms with E-state index in [9.17, 15) is 18.0 Å². The molecule has 174 valence electrons. The van der Waals surface area contributed by atoms with Gasteiger partial charge in [-0.25, -0.2) is 0 Å². The fraction of sp³-hybridized carbons (Fsp3) is 0.364. The van der Waals surface area contributed by atoms with Gasteiger partial charge in [0.15, 0.2) is 5.82 Å². The van der Waals surface area contributed by atoms with Gasteiger partial charge in [0.05, 0.1) is 5.56 Å². The maximum absolute atomic E-state index is 13.2. The Balaban J connectivity index is 1.38. The third-order valence-corrected chi connectivity index (χ3v) is 6.23. The van der Waals surface area contributed by atoms with Gasteiger partial charge in [-0.05, 0) is 35.9 Å². The number of benzene rings is 1. The van der Waals surface area contributed by atoms with E-state index >= 15 is 0 Å². The third-order valence-electron chi connectivity index (χ3n) is 5.55. The zero-order chi connectivity index (χ0) is 23.4. The minimum atomic E-state index is -4.45. The quantitative estimate of drug-likeness (QED) is 0.555. The molecule has 2 aromatic heterocycles. The number of piperidine rings is 1. The third kappa shape index (κ3) is 5.41. The second kappa shape index (κ2) is 9.74. The first kappa shape index (κ1) is 23.0. The minimum absolute atomic E-state index is 0.0570. The smallest absolute Gasteiger partial charge is 0.357 e. The molecular weight excluding hydrogens is 453 g/mol. The molecule has 1 aromatic carbocycles. The minimum Gasteiger partial charge on any atom is -0.357 e. The monoisotopic (exact) mass is 476 g/mol. The molecule has 2 N–H and O–H groups in total. The second-order valence-corrected chi connectivity index (χ2v) is 8.46. The Morgan fingerprint density at radius 3 is 2.58 bits per heavy atom. The fourth-order valence-electron chi connectivity index (χ4n) is 3.76. The molecule has 0 bridgehead atoms. The van der Waals surface area contributed by atoms with Crippen LogP contribution < -0.4 is 15.5 Å². The molecule has 1 saturated heterocycles. The maximum atomic E-state index is 13.2. The summed E-state index contributed by atoms with van der Waals surface area (Å²) < 4.78 is 39.5. The van der Waals surface area contributed by atoms with Gasteiger partial charge in [-0.2, -0.15) is 39.5 Å². The largest absolute Gasteiger partial charge is 0.416 e. The molecule has 11 heteroatoms. The number of hydrogen-bond acceptors (Lipinski definition) is 7. The molecule has 0 saturated carbocycles. The molecule has 1 fully saturated rings. The van der Waals surface area contributed by atoms with Gasteiger partial charge < -0.3 is 15.5 Å². The summed E-state index contributed by atoms with van der Waals surface area (Å²) >= 11 is 1.56. The summed E-state index contributed by atoms with van der Waals surface area (Å²) in [5.41, 5.74) is 0.242. The Bertz CT molecular complexity index is 1100. The molecule has 0 atom stereocenters. The highest BCUT2D eigenvalue weighted by atomic mass is 32.1. The van der Waals surface area contributed by atoms with Crippen molar-refractivity contribution in [1.29, 1.82) is 0 Å². The number of hydrogen-bond donors (Lipinski definition) is 2. The van der Waals surface area contributed by atoms with Crippen LogP contribution in [0.25, 0.3) is 11.4 Å². The van der Waals surface area contributed by atoms with Crippen molar-refractivity contribution in [1.82, 2.24) is 20.3 Å². The van der Waals surface area contributed by atoms with Crippen molar-refractivity contribution in [3.8, 4) is 11.4 Å². The number of rotatable bonds is 6. The summed E-state index contributed by atoms with van der Waals surface area (Å²) in [6.45, 7) is 0.971. The van der Waals surface area contributed by atoms with E-state index in [1.54, 1.807) is 18.4 Å². The molecule has 0 unspecified atom stereocenters. The average Bonchev–Trinajstić information content (AvgIpc) is 3.37. The number of alkyl halides is 3. The normalized spacial score (nSPS) is 14.8. The van der Waals surface area contributed by atoms with E-state index in [1.165, 1.54) is 18.2 Å². The number of carbonyl (C=O) groups is 1. The lowest BCUT2D eigenvalue weighted by molar-refractivity contribution is -0.138. The maximum Gasteiger partial charge on any atom is 0.416 e. The van der Waals surface area contributed by atoms with E-state index in [2.05, 4.69) is 25.6 Å². The van der Waals surface area contributed by atoms with Crippen molar-refractivity contribution in [3.63, 3.8) is 0 Å². The van der Waals surface area contributed by atoms with Gasteiger partial charge in [0.25, 0.3) is 0 Å². The number of carbonyl (C=O) groups excluding carboxylic acids is 1. The van der Waals surface area contributed by atoms with Crippen LogP contribution in [0.1, 0.15) is 24.0 Å². The number of amides is 1. The van der Waals surface area contributed by atoms with Crippen LogP contribution >= 0.6 is 11.3 Å². The van der Waals surface area contributed by atoms with E-state index < -0.39 is 11.7 Å². The van der Waals surface area contributed by atoms with Gasteiger partial charge in [0.1, 0.15) is 0 Å². The van der Waals surface area contributed by atoms with E-state index in [-0.39, 0.29) is 23.9 Å². The zero-order valence-corrected chi connectivity index (χ0v) is 18.7. The van der Waals surface area contributed by atoms with Crippen LogP contribution in [0.3, 0.4) is 0 Å². The zero-order valence-electron chi connectivity index (χ0n) is 17.9. The molecule has 4 rings (SSSR count). The van der Waals surface area contributed by atoms with Gasteiger partial charge in [0.2, 0.25) is 17.8 Å². The molecular formula is C22H23F3N6OS. The van der Waals surface area contributed by atoms with Crippen LogP contribution in [0.5, 0.6) is 0 Å². The highest BCUT2D eigenvalue weighted by molar-refractivity contribution is 7.08.